The van der Waals surface area contributed by atoms with E-state index in [9.17, 15) is 0 Å². The van der Waals surface area contributed by atoms with Crippen molar-refractivity contribution in [3.05, 3.63) is 65.2 Å². The van der Waals surface area contributed by atoms with E-state index in [0.717, 1.165) is 27.0 Å². The fraction of sp³-hybridized carbons (Fsp3) is 0.167. The Kier molecular flexibility index (Phi) is 4.40. The Hall–Kier alpha value is -3.13. The zero-order valence-electron chi connectivity index (χ0n) is 14.4. The van der Waals surface area contributed by atoms with Crippen LogP contribution in [0.4, 0.5) is 5.82 Å². The molecule has 0 aliphatic carbocycles. The van der Waals surface area contributed by atoms with Gasteiger partial charge in [-0.2, -0.15) is 5.10 Å². The lowest BCUT2D eigenvalue weighted by Crippen LogP contribution is -2.07. The number of aryl methyl sites for hydroxylation is 2. The van der Waals surface area contributed by atoms with Gasteiger partial charge < -0.3 is 5.32 Å². The van der Waals surface area contributed by atoms with Crippen molar-refractivity contribution < 1.29 is 0 Å². The largest absolute Gasteiger partial charge is 0.362 e. The van der Waals surface area contributed by atoms with E-state index in [0.29, 0.717) is 18.2 Å². The molecule has 0 amide bonds. The van der Waals surface area contributed by atoms with E-state index in [1.165, 1.54) is 0 Å². The molecule has 0 atom stereocenters. The minimum atomic E-state index is 0.541. The minimum absolute atomic E-state index is 0.541. The van der Waals surface area contributed by atoms with E-state index in [-0.39, 0.29) is 0 Å². The average molecular weight is 363 g/mol. The lowest BCUT2D eigenvalue weighted by molar-refractivity contribution is 0.799. The summed E-state index contributed by atoms with van der Waals surface area (Å²) in [5.41, 5.74) is 3.04. The van der Waals surface area contributed by atoms with Gasteiger partial charge in [0.2, 0.25) is 0 Å². The van der Waals surface area contributed by atoms with Crippen LogP contribution in [0.3, 0.4) is 0 Å². The molecule has 0 radical (unpaired) electrons. The fourth-order valence-electron chi connectivity index (χ4n) is 2.59. The second kappa shape index (κ2) is 7.01. The first-order valence-electron chi connectivity index (χ1n) is 8.16. The zero-order chi connectivity index (χ0) is 17.9. The number of nitrogens with zero attached hydrogens (tertiary/aromatic N) is 6. The monoisotopic (exact) mass is 363 g/mol. The number of hydrogen-bond donors (Lipinski definition) is 1. The van der Waals surface area contributed by atoms with Crippen LogP contribution in [0.25, 0.3) is 16.4 Å². The first kappa shape index (κ1) is 16.3. The smallest absolute Gasteiger partial charge is 0.174 e. The van der Waals surface area contributed by atoms with E-state index >= 15 is 0 Å². The van der Waals surface area contributed by atoms with Crippen molar-refractivity contribution in [3.63, 3.8) is 0 Å². The lowest BCUT2D eigenvalue weighted by atomic mass is 10.2. The summed E-state index contributed by atoms with van der Waals surface area (Å²) in [5, 5.41) is 18.0. The van der Waals surface area contributed by atoms with E-state index < -0.39 is 0 Å². The Balaban J connectivity index is 1.48. The molecule has 0 saturated carbocycles. The summed E-state index contributed by atoms with van der Waals surface area (Å²) in [6, 6.07) is 12.0. The molecule has 4 rings (SSSR count). The highest BCUT2D eigenvalue weighted by molar-refractivity contribution is 7.14. The molecule has 4 aromatic rings. The summed E-state index contributed by atoms with van der Waals surface area (Å²) in [7, 11) is 0. The molecule has 1 aromatic carbocycles. The van der Waals surface area contributed by atoms with Crippen LogP contribution in [0.5, 0.6) is 0 Å². The van der Waals surface area contributed by atoms with E-state index in [1.54, 1.807) is 28.4 Å². The zero-order valence-corrected chi connectivity index (χ0v) is 15.2. The maximum absolute atomic E-state index is 4.58. The van der Waals surface area contributed by atoms with Crippen molar-refractivity contribution in [2.75, 3.05) is 5.32 Å². The summed E-state index contributed by atoms with van der Waals surface area (Å²) in [6.45, 7) is 4.49. The molecule has 0 unspecified atom stereocenters. The number of aromatic nitrogens is 6. The Morgan fingerprint density at radius 2 is 1.92 bits per heavy atom. The Labute approximate surface area is 154 Å². The third-order valence-corrected chi connectivity index (χ3v) is 4.73. The molecule has 8 heteroatoms. The van der Waals surface area contributed by atoms with Crippen molar-refractivity contribution in [2.45, 2.75) is 20.4 Å². The van der Waals surface area contributed by atoms with Crippen LogP contribution < -0.4 is 5.32 Å². The summed E-state index contributed by atoms with van der Waals surface area (Å²) < 4.78 is 1.78. The predicted octanol–water partition coefficient (Wildman–Crippen LogP) is 3.41. The van der Waals surface area contributed by atoms with E-state index in [2.05, 4.69) is 30.6 Å². The Bertz CT molecular complexity index is 1020. The highest BCUT2D eigenvalue weighted by Gasteiger charge is 2.09. The second-order valence-electron chi connectivity index (χ2n) is 5.82. The molecule has 0 aliphatic heterocycles. The molecule has 0 bridgehead atoms. The van der Waals surface area contributed by atoms with Gasteiger partial charge in [-0.1, -0.05) is 41.7 Å². The number of benzene rings is 1. The van der Waals surface area contributed by atoms with Crippen LogP contribution in [-0.2, 0) is 6.54 Å². The quantitative estimate of drug-likeness (QED) is 0.585. The van der Waals surface area contributed by atoms with Crippen molar-refractivity contribution in [1.82, 2.24) is 29.9 Å². The third kappa shape index (κ3) is 3.45. The van der Waals surface area contributed by atoms with Gasteiger partial charge in [-0.3, -0.25) is 4.98 Å². The summed E-state index contributed by atoms with van der Waals surface area (Å²) in [4.78, 5) is 8.84. The van der Waals surface area contributed by atoms with Gasteiger partial charge in [0.05, 0.1) is 24.6 Å². The van der Waals surface area contributed by atoms with Crippen LogP contribution in [0.1, 0.15) is 16.4 Å². The summed E-state index contributed by atoms with van der Waals surface area (Å²) in [6.07, 6.45) is 3.39. The summed E-state index contributed by atoms with van der Waals surface area (Å²) in [5.74, 6) is 1.36. The predicted molar refractivity (Wildman–Crippen MR) is 101 cm³/mol. The first-order chi connectivity index (χ1) is 12.7. The normalized spacial score (nSPS) is 10.8. The van der Waals surface area contributed by atoms with Gasteiger partial charge in [0.1, 0.15) is 15.8 Å². The van der Waals surface area contributed by atoms with Gasteiger partial charge in [-0.05, 0) is 19.9 Å². The molecule has 7 nitrogen and oxygen atoms in total. The molecule has 3 aromatic heterocycles. The minimum Gasteiger partial charge on any atom is -0.362 e. The first-order valence-corrected chi connectivity index (χ1v) is 8.98. The van der Waals surface area contributed by atoms with Gasteiger partial charge in [-0.15, -0.1) is 10.2 Å². The Morgan fingerprint density at radius 3 is 2.69 bits per heavy atom. The van der Waals surface area contributed by atoms with E-state index in [4.69, 9.17) is 0 Å². The topological polar surface area (TPSA) is 81.4 Å². The van der Waals surface area contributed by atoms with Crippen molar-refractivity contribution in [2.24, 2.45) is 0 Å². The van der Waals surface area contributed by atoms with Crippen LogP contribution in [0.2, 0.25) is 0 Å². The number of anilines is 1. The molecular weight excluding hydrogens is 346 g/mol. The molecule has 0 aliphatic rings. The number of nitrogens with one attached hydrogen (secondary N) is 1. The molecule has 26 heavy (non-hydrogen) atoms. The van der Waals surface area contributed by atoms with Crippen molar-refractivity contribution in [3.8, 4) is 16.4 Å². The van der Waals surface area contributed by atoms with Gasteiger partial charge in [0, 0.05) is 11.3 Å². The lowest BCUT2D eigenvalue weighted by Gasteiger charge is -2.06. The molecule has 0 fully saturated rings. The van der Waals surface area contributed by atoms with Crippen LogP contribution in [0.15, 0.2) is 48.8 Å². The highest BCUT2D eigenvalue weighted by Crippen LogP contribution is 2.23. The molecule has 1 N–H and O–H groups in total. The third-order valence-electron chi connectivity index (χ3n) is 3.76. The van der Waals surface area contributed by atoms with Gasteiger partial charge in [0.25, 0.3) is 0 Å². The SMILES string of the molecule is Cc1cc(C)n(-c2cncc(NCc3nnc(-c4ccccc4)s3)n2)n1. The number of hydrogen-bond acceptors (Lipinski definition) is 7. The van der Waals surface area contributed by atoms with E-state index in [1.807, 2.05) is 50.2 Å². The Morgan fingerprint density at radius 1 is 1.08 bits per heavy atom. The molecule has 3 heterocycles. The van der Waals surface area contributed by atoms with Gasteiger partial charge >= 0.3 is 0 Å². The standard InChI is InChI=1S/C18H17N7S/c1-12-8-13(2)25(24-12)16-10-19-9-15(21-16)20-11-17-22-23-18(26-17)14-6-4-3-5-7-14/h3-10H,11H2,1-2H3,(H,20,21). The summed E-state index contributed by atoms with van der Waals surface area (Å²) >= 11 is 1.56. The molecular formula is C18H17N7S. The molecule has 130 valence electrons. The average Bonchev–Trinajstić information content (AvgIpc) is 3.27. The van der Waals surface area contributed by atoms with Crippen molar-refractivity contribution in [1.29, 1.82) is 0 Å². The van der Waals surface area contributed by atoms with Crippen LogP contribution in [-0.4, -0.2) is 29.9 Å². The molecule has 0 spiro atoms. The van der Waals surface area contributed by atoms with Crippen molar-refractivity contribution >= 4 is 17.2 Å². The van der Waals surface area contributed by atoms with Gasteiger partial charge in [-0.25, -0.2) is 9.67 Å². The maximum Gasteiger partial charge on any atom is 0.174 e. The fourth-order valence-corrected chi connectivity index (χ4v) is 3.38. The van der Waals surface area contributed by atoms with Crippen LogP contribution >= 0.6 is 11.3 Å². The molecule has 0 saturated heterocycles. The van der Waals surface area contributed by atoms with Crippen LogP contribution in [0, 0.1) is 13.8 Å². The highest BCUT2D eigenvalue weighted by atomic mass is 32.1. The number of rotatable bonds is 5. The maximum atomic E-state index is 4.58. The van der Waals surface area contributed by atoms with Gasteiger partial charge in [0.15, 0.2) is 5.82 Å². The second-order valence-corrected chi connectivity index (χ2v) is 6.88.